The molecule has 0 amide bonds. The van der Waals surface area contributed by atoms with Crippen LogP contribution in [0.25, 0.3) is 0 Å². The van der Waals surface area contributed by atoms with E-state index >= 15 is 0 Å². The van der Waals surface area contributed by atoms with Gasteiger partial charge in [0.05, 0.1) is 12.7 Å². The molecular formula is C11H13F3O. The first-order valence-corrected chi connectivity index (χ1v) is 4.61. The number of hydrogen-bond donors (Lipinski definition) is 0. The van der Waals surface area contributed by atoms with Gasteiger partial charge >= 0.3 is 6.18 Å². The SMILES string of the molecule is COc1ccc(C(C)C)cc1C(F)(F)F. The van der Waals surface area contributed by atoms with Crippen molar-refractivity contribution in [3.8, 4) is 5.75 Å². The maximum absolute atomic E-state index is 12.6. The summed E-state index contributed by atoms with van der Waals surface area (Å²) in [5, 5.41) is 0. The molecule has 84 valence electrons. The van der Waals surface area contributed by atoms with Gasteiger partial charge in [-0.15, -0.1) is 0 Å². The van der Waals surface area contributed by atoms with Crippen LogP contribution < -0.4 is 4.74 Å². The molecule has 0 N–H and O–H groups in total. The van der Waals surface area contributed by atoms with Gasteiger partial charge in [-0.05, 0) is 23.6 Å². The Labute approximate surface area is 86.9 Å². The lowest BCUT2D eigenvalue weighted by atomic mass is 10.00. The van der Waals surface area contributed by atoms with E-state index in [0.29, 0.717) is 5.56 Å². The van der Waals surface area contributed by atoms with Crippen LogP contribution in [0, 0.1) is 0 Å². The van der Waals surface area contributed by atoms with E-state index in [1.54, 1.807) is 6.07 Å². The van der Waals surface area contributed by atoms with E-state index in [4.69, 9.17) is 0 Å². The molecule has 0 radical (unpaired) electrons. The number of methoxy groups -OCH3 is 1. The van der Waals surface area contributed by atoms with Gasteiger partial charge in [0, 0.05) is 0 Å². The maximum Gasteiger partial charge on any atom is 0.419 e. The molecule has 0 aliphatic carbocycles. The first kappa shape index (κ1) is 11.9. The van der Waals surface area contributed by atoms with Gasteiger partial charge in [-0.25, -0.2) is 0 Å². The highest BCUT2D eigenvalue weighted by atomic mass is 19.4. The monoisotopic (exact) mass is 218 g/mol. The zero-order chi connectivity index (χ0) is 11.6. The Hall–Kier alpha value is -1.19. The third kappa shape index (κ3) is 2.64. The van der Waals surface area contributed by atoms with Crippen LogP contribution in [-0.4, -0.2) is 7.11 Å². The second-order valence-corrected chi connectivity index (χ2v) is 3.61. The Bertz CT molecular complexity index is 342. The highest BCUT2D eigenvalue weighted by Crippen LogP contribution is 2.37. The second-order valence-electron chi connectivity index (χ2n) is 3.61. The van der Waals surface area contributed by atoms with Crippen molar-refractivity contribution in [3.05, 3.63) is 29.3 Å². The van der Waals surface area contributed by atoms with Crippen molar-refractivity contribution >= 4 is 0 Å². The Morgan fingerprint density at radius 3 is 2.20 bits per heavy atom. The van der Waals surface area contributed by atoms with E-state index in [0.717, 1.165) is 6.07 Å². The molecule has 0 aromatic heterocycles. The lowest BCUT2D eigenvalue weighted by molar-refractivity contribution is -0.138. The van der Waals surface area contributed by atoms with E-state index in [1.165, 1.54) is 13.2 Å². The van der Waals surface area contributed by atoms with Gasteiger partial charge < -0.3 is 4.74 Å². The molecule has 0 fully saturated rings. The van der Waals surface area contributed by atoms with Gasteiger partial charge in [0.15, 0.2) is 0 Å². The highest BCUT2D eigenvalue weighted by Gasteiger charge is 2.34. The fourth-order valence-corrected chi connectivity index (χ4v) is 1.31. The van der Waals surface area contributed by atoms with Crippen LogP contribution in [0.5, 0.6) is 5.75 Å². The third-order valence-electron chi connectivity index (χ3n) is 2.20. The minimum atomic E-state index is -4.36. The Balaban J connectivity index is 3.26. The first-order valence-electron chi connectivity index (χ1n) is 4.61. The molecular weight excluding hydrogens is 205 g/mol. The Morgan fingerprint density at radius 2 is 1.80 bits per heavy atom. The van der Waals surface area contributed by atoms with E-state index < -0.39 is 11.7 Å². The van der Waals surface area contributed by atoms with Crippen molar-refractivity contribution in [2.45, 2.75) is 25.9 Å². The molecule has 1 nitrogen and oxygen atoms in total. The standard InChI is InChI=1S/C11H13F3O/c1-7(2)8-4-5-10(15-3)9(6-8)11(12,13)14/h4-7H,1-3H3. The summed E-state index contributed by atoms with van der Waals surface area (Å²) in [5.41, 5.74) is -0.0562. The van der Waals surface area contributed by atoms with Crippen molar-refractivity contribution in [1.82, 2.24) is 0 Å². The molecule has 1 aromatic carbocycles. The van der Waals surface area contributed by atoms with Gasteiger partial charge in [0.2, 0.25) is 0 Å². The maximum atomic E-state index is 12.6. The van der Waals surface area contributed by atoms with Crippen LogP contribution in [0.15, 0.2) is 18.2 Å². The lowest BCUT2D eigenvalue weighted by Crippen LogP contribution is -2.08. The summed E-state index contributed by atoms with van der Waals surface area (Å²) in [6.45, 7) is 3.70. The molecule has 15 heavy (non-hydrogen) atoms. The minimum absolute atomic E-state index is 0.0667. The molecule has 0 spiro atoms. The Kier molecular flexibility index (Phi) is 3.27. The minimum Gasteiger partial charge on any atom is -0.496 e. The van der Waals surface area contributed by atoms with Crippen molar-refractivity contribution in [3.63, 3.8) is 0 Å². The summed E-state index contributed by atoms with van der Waals surface area (Å²) < 4.78 is 42.5. The largest absolute Gasteiger partial charge is 0.496 e. The smallest absolute Gasteiger partial charge is 0.419 e. The molecule has 4 heteroatoms. The number of halogens is 3. The molecule has 0 bridgehead atoms. The average Bonchev–Trinajstić information content (AvgIpc) is 2.15. The predicted octanol–water partition coefficient (Wildman–Crippen LogP) is 3.84. The number of rotatable bonds is 2. The average molecular weight is 218 g/mol. The first-order chi connectivity index (χ1) is 6.86. The topological polar surface area (TPSA) is 9.23 Å². The predicted molar refractivity (Wildman–Crippen MR) is 52.1 cm³/mol. The molecule has 0 unspecified atom stereocenters. The van der Waals surface area contributed by atoms with Gasteiger partial charge in [0.25, 0.3) is 0 Å². The molecule has 0 atom stereocenters. The molecule has 0 aliphatic heterocycles. The number of hydrogen-bond acceptors (Lipinski definition) is 1. The molecule has 0 aliphatic rings. The molecule has 1 aromatic rings. The van der Waals surface area contributed by atoms with Gasteiger partial charge in [-0.3, -0.25) is 0 Å². The van der Waals surface area contributed by atoms with Crippen LogP contribution in [0.4, 0.5) is 13.2 Å². The highest BCUT2D eigenvalue weighted by molar-refractivity contribution is 5.40. The Morgan fingerprint density at radius 1 is 1.20 bits per heavy atom. The molecule has 1 rings (SSSR count). The van der Waals surface area contributed by atoms with Crippen LogP contribution >= 0.6 is 0 Å². The molecule has 0 heterocycles. The summed E-state index contributed by atoms with van der Waals surface area (Å²) in [5.74, 6) is -0.0658. The molecule has 0 saturated heterocycles. The van der Waals surface area contributed by atoms with Crippen LogP contribution in [0.2, 0.25) is 0 Å². The number of ether oxygens (including phenoxy) is 1. The lowest BCUT2D eigenvalue weighted by Gasteiger charge is -2.14. The van der Waals surface area contributed by atoms with E-state index in [1.807, 2.05) is 13.8 Å². The quantitative estimate of drug-likeness (QED) is 0.732. The van der Waals surface area contributed by atoms with E-state index in [2.05, 4.69) is 4.74 Å². The van der Waals surface area contributed by atoms with Gasteiger partial charge in [0.1, 0.15) is 5.75 Å². The zero-order valence-electron chi connectivity index (χ0n) is 8.85. The number of alkyl halides is 3. The van der Waals surface area contributed by atoms with Crippen molar-refractivity contribution in [2.75, 3.05) is 7.11 Å². The van der Waals surface area contributed by atoms with Crippen LogP contribution in [0.1, 0.15) is 30.9 Å². The van der Waals surface area contributed by atoms with Crippen molar-refractivity contribution < 1.29 is 17.9 Å². The third-order valence-corrected chi connectivity index (χ3v) is 2.20. The van der Waals surface area contributed by atoms with Crippen molar-refractivity contribution in [2.24, 2.45) is 0 Å². The normalized spacial score (nSPS) is 11.9. The summed E-state index contributed by atoms with van der Waals surface area (Å²) in [6.07, 6.45) is -4.36. The summed E-state index contributed by atoms with van der Waals surface area (Å²) in [7, 11) is 1.24. The summed E-state index contributed by atoms with van der Waals surface area (Å²) >= 11 is 0. The van der Waals surface area contributed by atoms with E-state index in [-0.39, 0.29) is 11.7 Å². The fourth-order valence-electron chi connectivity index (χ4n) is 1.31. The van der Waals surface area contributed by atoms with E-state index in [9.17, 15) is 13.2 Å². The molecule has 0 saturated carbocycles. The summed E-state index contributed by atoms with van der Waals surface area (Å²) in [6, 6.07) is 4.15. The zero-order valence-corrected chi connectivity index (χ0v) is 8.85. The van der Waals surface area contributed by atoms with Crippen LogP contribution in [-0.2, 0) is 6.18 Å². The van der Waals surface area contributed by atoms with Crippen molar-refractivity contribution in [1.29, 1.82) is 0 Å². The number of benzene rings is 1. The second kappa shape index (κ2) is 4.13. The van der Waals surface area contributed by atoms with Crippen LogP contribution in [0.3, 0.4) is 0 Å². The summed E-state index contributed by atoms with van der Waals surface area (Å²) in [4.78, 5) is 0. The van der Waals surface area contributed by atoms with Gasteiger partial charge in [-0.1, -0.05) is 19.9 Å². The van der Waals surface area contributed by atoms with Gasteiger partial charge in [-0.2, -0.15) is 13.2 Å². The fraction of sp³-hybridized carbons (Fsp3) is 0.455.